The summed E-state index contributed by atoms with van der Waals surface area (Å²) in [6.45, 7) is 0. The minimum atomic E-state index is 0.645. The molecule has 216 valence electrons. The second-order valence-corrected chi connectivity index (χ2v) is 11.6. The van der Waals surface area contributed by atoms with Gasteiger partial charge in [-0.2, -0.15) is 0 Å². The molecule has 0 saturated carbocycles. The van der Waals surface area contributed by atoms with Gasteiger partial charge in [-0.15, -0.1) is 0 Å². The van der Waals surface area contributed by atoms with E-state index in [1.807, 2.05) is 36.4 Å². The van der Waals surface area contributed by atoms with Crippen molar-refractivity contribution in [1.82, 2.24) is 4.98 Å². The maximum atomic E-state index is 6.18. The molecule has 0 atom stereocenters. The lowest BCUT2D eigenvalue weighted by atomic mass is 9.94. The van der Waals surface area contributed by atoms with Crippen LogP contribution in [0.5, 0.6) is 0 Å². The fourth-order valence-corrected chi connectivity index (χ4v) is 6.65. The Morgan fingerprint density at radius 1 is 0.391 bits per heavy atom. The van der Waals surface area contributed by atoms with Crippen LogP contribution in [-0.4, -0.2) is 4.98 Å². The Hall–Kier alpha value is -6.19. The first-order valence-corrected chi connectivity index (χ1v) is 15.5. The van der Waals surface area contributed by atoms with Crippen LogP contribution in [0.15, 0.2) is 174 Å². The van der Waals surface area contributed by atoms with Crippen molar-refractivity contribution in [2.75, 3.05) is 4.90 Å². The molecule has 0 unspecified atom stereocenters. The number of aromatic nitrogens is 1. The molecule has 0 spiro atoms. The van der Waals surface area contributed by atoms with E-state index in [0.29, 0.717) is 5.89 Å². The highest BCUT2D eigenvalue weighted by molar-refractivity contribution is 6.21. The third kappa shape index (κ3) is 4.41. The van der Waals surface area contributed by atoms with Crippen LogP contribution in [0, 0.1) is 0 Å². The first-order valence-electron chi connectivity index (χ1n) is 15.5. The normalized spacial score (nSPS) is 11.5. The van der Waals surface area contributed by atoms with Gasteiger partial charge in [0.15, 0.2) is 5.58 Å². The van der Waals surface area contributed by atoms with Crippen molar-refractivity contribution in [3.8, 4) is 22.6 Å². The predicted molar refractivity (Wildman–Crippen MR) is 192 cm³/mol. The summed E-state index contributed by atoms with van der Waals surface area (Å²) in [6.07, 6.45) is 0. The van der Waals surface area contributed by atoms with Gasteiger partial charge in [-0.1, -0.05) is 103 Å². The number of hydrogen-bond donors (Lipinski definition) is 0. The van der Waals surface area contributed by atoms with Crippen molar-refractivity contribution in [3.63, 3.8) is 0 Å². The Bertz CT molecular complexity index is 2480. The number of rotatable bonds is 5. The molecular formula is C43H28N2O. The number of oxazole rings is 1. The van der Waals surface area contributed by atoms with Crippen molar-refractivity contribution in [2.24, 2.45) is 0 Å². The number of fused-ring (bicyclic) bond motifs is 7. The van der Waals surface area contributed by atoms with Crippen LogP contribution in [0.1, 0.15) is 0 Å². The lowest BCUT2D eigenvalue weighted by Crippen LogP contribution is -2.09. The summed E-state index contributed by atoms with van der Waals surface area (Å²) in [5.41, 5.74) is 8.39. The molecule has 1 aromatic heterocycles. The van der Waals surface area contributed by atoms with Crippen molar-refractivity contribution in [3.05, 3.63) is 170 Å². The molecule has 0 aliphatic carbocycles. The Morgan fingerprint density at radius 3 is 1.70 bits per heavy atom. The molecule has 0 aliphatic rings. The van der Waals surface area contributed by atoms with Crippen LogP contribution in [0.2, 0.25) is 0 Å². The third-order valence-corrected chi connectivity index (χ3v) is 8.86. The zero-order valence-electron chi connectivity index (χ0n) is 25.0. The topological polar surface area (TPSA) is 29.3 Å². The first-order chi connectivity index (χ1) is 22.8. The number of hydrogen-bond acceptors (Lipinski definition) is 3. The quantitative estimate of drug-likeness (QED) is 0.187. The van der Waals surface area contributed by atoms with Crippen LogP contribution >= 0.6 is 0 Å². The largest absolute Gasteiger partial charge is 0.436 e. The van der Waals surface area contributed by atoms with E-state index in [9.17, 15) is 0 Å². The van der Waals surface area contributed by atoms with Crippen LogP contribution in [0.25, 0.3) is 66.0 Å². The molecule has 0 amide bonds. The summed E-state index contributed by atoms with van der Waals surface area (Å²) >= 11 is 0. The molecule has 0 fully saturated rings. The van der Waals surface area contributed by atoms with E-state index in [-0.39, 0.29) is 0 Å². The second-order valence-electron chi connectivity index (χ2n) is 11.6. The highest BCUT2D eigenvalue weighted by atomic mass is 16.3. The molecule has 0 radical (unpaired) electrons. The van der Waals surface area contributed by atoms with E-state index in [4.69, 9.17) is 9.40 Å². The Labute approximate surface area is 266 Å². The van der Waals surface area contributed by atoms with Crippen LogP contribution in [-0.2, 0) is 0 Å². The second kappa shape index (κ2) is 10.8. The van der Waals surface area contributed by atoms with Crippen molar-refractivity contribution >= 4 is 60.5 Å². The smallest absolute Gasteiger partial charge is 0.227 e. The molecule has 1 heterocycles. The van der Waals surface area contributed by atoms with E-state index in [1.54, 1.807) is 0 Å². The van der Waals surface area contributed by atoms with Gasteiger partial charge >= 0.3 is 0 Å². The summed E-state index contributed by atoms with van der Waals surface area (Å²) < 4.78 is 6.18. The maximum absolute atomic E-state index is 6.18. The molecule has 46 heavy (non-hydrogen) atoms. The summed E-state index contributed by atoms with van der Waals surface area (Å²) in [4.78, 5) is 7.24. The predicted octanol–water partition coefficient (Wildman–Crippen LogP) is 12.1. The van der Waals surface area contributed by atoms with Gasteiger partial charge in [0.05, 0.1) is 0 Å². The monoisotopic (exact) mass is 588 g/mol. The molecule has 9 rings (SSSR count). The number of nitrogens with zero attached hydrogens (tertiary/aromatic N) is 2. The molecule has 0 bridgehead atoms. The molecule has 3 nitrogen and oxygen atoms in total. The lowest BCUT2D eigenvalue weighted by molar-refractivity contribution is 0.620. The van der Waals surface area contributed by atoms with E-state index in [0.717, 1.165) is 39.1 Å². The minimum Gasteiger partial charge on any atom is -0.436 e. The Morgan fingerprint density at radius 2 is 0.935 bits per heavy atom. The van der Waals surface area contributed by atoms with Gasteiger partial charge in [0.2, 0.25) is 5.89 Å². The zero-order chi connectivity index (χ0) is 30.5. The highest BCUT2D eigenvalue weighted by Gasteiger charge is 2.15. The Kier molecular flexibility index (Phi) is 6.14. The first kappa shape index (κ1) is 26.2. The van der Waals surface area contributed by atoms with Gasteiger partial charge < -0.3 is 9.32 Å². The average Bonchev–Trinajstić information content (AvgIpc) is 3.58. The molecule has 8 aromatic carbocycles. The van der Waals surface area contributed by atoms with Crippen molar-refractivity contribution < 1.29 is 4.42 Å². The van der Waals surface area contributed by atoms with E-state index >= 15 is 0 Å². The summed E-state index contributed by atoms with van der Waals surface area (Å²) in [7, 11) is 0. The fraction of sp³-hybridized carbons (Fsp3) is 0. The van der Waals surface area contributed by atoms with Gasteiger partial charge in [-0.05, 0) is 105 Å². The van der Waals surface area contributed by atoms with Gasteiger partial charge in [0.1, 0.15) is 5.52 Å². The SMILES string of the molecule is c1ccc(-c2nc3c(ccc4c5ccc6ccc(-c7cccc(N(c8ccccc8)c8ccccc8)c7)cc6c5ccc43)o2)cc1. The molecule has 0 N–H and O–H groups in total. The summed E-state index contributed by atoms with van der Waals surface area (Å²) in [5.74, 6) is 0.645. The fourth-order valence-electron chi connectivity index (χ4n) is 6.65. The van der Waals surface area contributed by atoms with Gasteiger partial charge in [-0.25, -0.2) is 4.98 Å². The van der Waals surface area contributed by atoms with Crippen LogP contribution in [0.3, 0.4) is 0 Å². The van der Waals surface area contributed by atoms with Crippen molar-refractivity contribution in [1.29, 1.82) is 0 Å². The molecule has 3 heteroatoms. The third-order valence-electron chi connectivity index (χ3n) is 8.86. The molecular weight excluding hydrogens is 560 g/mol. The average molecular weight is 589 g/mol. The standard InChI is InChI=1S/C43H28N2O/c1-4-11-30(12-5-1)43-44-42-39-24-23-38-36(37(39)25-26-41(42)46-43)22-21-29-19-20-32(28-40(29)38)31-13-10-18-35(27-31)45(33-14-6-2-7-15-33)34-16-8-3-9-17-34/h1-28H. The van der Waals surface area contributed by atoms with Crippen LogP contribution in [0.4, 0.5) is 17.1 Å². The summed E-state index contributed by atoms with van der Waals surface area (Å²) in [6, 6.07) is 59.9. The minimum absolute atomic E-state index is 0.645. The van der Waals surface area contributed by atoms with E-state index in [2.05, 4.69) is 138 Å². The number of benzene rings is 8. The Balaban J connectivity index is 1.17. The van der Waals surface area contributed by atoms with Gasteiger partial charge in [-0.3, -0.25) is 0 Å². The van der Waals surface area contributed by atoms with Gasteiger partial charge in [0, 0.05) is 28.0 Å². The lowest BCUT2D eigenvalue weighted by Gasteiger charge is -2.26. The number of anilines is 3. The zero-order valence-corrected chi connectivity index (χ0v) is 25.0. The number of para-hydroxylation sites is 2. The highest BCUT2D eigenvalue weighted by Crippen LogP contribution is 2.39. The van der Waals surface area contributed by atoms with Gasteiger partial charge in [0.25, 0.3) is 0 Å². The molecule has 0 aliphatic heterocycles. The van der Waals surface area contributed by atoms with E-state index < -0.39 is 0 Å². The van der Waals surface area contributed by atoms with E-state index in [1.165, 1.54) is 38.1 Å². The van der Waals surface area contributed by atoms with Crippen molar-refractivity contribution in [2.45, 2.75) is 0 Å². The molecule has 0 saturated heterocycles. The van der Waals surface area contributed by atoms with Crippen LogP contribution < -0.4 is 4.90 Å². The molecule has 9 aromatic rings. The summed E-state index contributed by atoms with van der Waals surface area (Å²) in [5, 5.41) is 7.16. The maximum Gasteiger partial charge on any atom is 0.227 e.